The Balaban J connectivity index is 0.609. The van der Waals surface area contributed by atoms with Gasteiger partial charge in [-0.1, -0.05) is 26.7 Å². The molecule has 32 nitrogen and oxygen atoms in total. The van der Waals surface area contributed by atoms with E-state index in [0.29, 0.717) is 71.7 Å². The van der Waals surface area contributed by atoms with Gasteiger partial charge in [-0.05, 0) is 93.5 Å². The molecule has 0 spiro atoms. The number of carbonyl (C=O) groups is 8. The van der Waals surface area contributed by atoms with E-state index in [4.69, 9.17) is 44.9 Å². The van der Waals surface area contributed by atoms with Crippen LogP contribution in [0.4, 0.5) is 15.3 Å². The number of anilines is 1. The minimum atomic E-state index is -2.00. The molecule has 0 aliphatic carbocycles. The number of nitrogens with one attached hydrogen (secondary N) is 10. The molecule has 34 heteroatoms. The average molecular weight is 1470 g/mol. The summed E-state index contributed by atoms with van der Waals surface area (Å²) in [6.07, 6.45) is 6.62. The summed E-state index contributed by atoms with van der Waals surface area (Å²) in [5, 5.41) is 40.1. The van der Waals surface area contributed by atoms with Crippen molar-refractivity contribution in [1.29, 1.82) is 0 Å². The maximum atomic E-state index is 14.2. The number of aliphatic imine (C=N–C) groups is 2. The molecule has 15 N–H and O–H groups in total. The highest BCUT2D eigenvalue weighted by molar-refractivity contribution is 8.00. The molecule has 6 aliphatic heterocycles. The molecule has 2 aromatic heterocycles. The summed E-state index contributed by atoms with van der Waals surface area (Å²) in [5.41, 5.74) is 13.2. The zero-order valence-corrected chi connectivity index (χ0v) is 59.8. The molecular formula is C69H94N16O16S2. The van der Waals surface area contributed by atoms with Gasteiger partial charge in [0.25, 0.3) is 17.4 Å². The second-order valence-electron chi connectivity index (χ2n) is 25.7. The molecule has 2 saturated heterocycles. The van der Waals surface area contributed by atoms with Gasteiger partial charge >= 0.3 is 24.0 Å². The molecule has 0 bridgehead atoms. The number of aromatic hydroxyl groups is 1. The van der Waals surface area contributed by atoms with E-state index in [-0.39, 0.29) is 168 Å². The number of hydrogen-bond acceptors (Lipinski definition) is 25. The first kappa shape index (κ1) is 76.7. The zero-order chi connectivity index (χ0) is 73.0. The van der Waals surface area contributed by atoms with Crippen LogP contribution in [0.2, 0.25) is 0 Å². The van der Waals surface area contributed by atoms with Gasteiger partial charge in [-0.3, -0.25) is 24.0 Å². The first-order chi connectivity index (χ1) is 49.8. The van der Waals surface area contributed by atoms with E-state index >= 15 is 0 Å². The highest BCUT2D eigenvalue weighted by Crippen LogP contribution is 2.43. The number of ether oxygens (including phenoxy) is 6. The van der Waals surface area contributed by atoms with Crippen molar-refractivity contribution in [3.05, 3.63) is 86.2 Å². The third-order valence-corrected chi connectivity index (χ3v) is 21.5. The Morgan fingerprint density at radius 2 is 1.21 bits per heavy atom. The second kappa shape index (κ2) is 37.0. The molecule has 2 fully saturated rings. The molecule has 8 amide bonds. The van der Waals surface area contributed by atoms with E-state index < -0.39 is 53.0 Å². The fourth-order valence-corrected chi connectivity index (χ4v) is 16.4. The summed E-state index contributed by atoms with van der Waals surface area (Å²) in [7, 11) is 0. The fourth-order valence-electron chi connectivity index (χ4n) is 13.3. The van der Waals surface area contributed by atoms with E-state index in [1.54, 1.807) is 29.7 Å². The van der Waals surface area contributed by atoms with E-state index in [2.05, 4.69) is 63.2 Å². The lowest BCUT2D eigenvalue weighted by Crippen LogP contribution is -2.51. The van der Waals surface area contributed by atoms with Crippen LogP contribution in [0.5, 0.6) is 5.75 Å². The number of guanidine groups is 2. The summed E-state index contributed by atoms with van der Waals surface area (Å²) >= 11 is 3.79. The van der Waals surface area contributed by atoms with Gasteiger partial charge in [-0.2, -0.15) is 23.5 Å². The van der Waals surface area contributed by atoms with Crippen molar-refractivity contribution in [3.63, 3.8) is 0 Å². The number of hydrogen-bond donors (Lipinski definition) is 13. The van der Waals surface area contributed by atoms with Crippen molar-refractivity contribution in [2.75, 3.05) is 109 Å². The van der Waals surface area contributed by atoms with Gasteiger partial charge in [0.1, 0.15) is 18.4 Å². The van der Waals surface area contributed by atoms with Crippen LogP contribution in [0.15, 0.2) is 57.2 Å². The molecule has 2 aromatic carbocycles. The zero-order valence-electron chi connectivity index (χ0n) is 58.2. The summed E-state index contributed by atoms with van der Waals surface area (Å²) < 4.78 is 35.5. The molecule has 0 saturated carbocycles. The molecular weight excluding hydrogens is 1370 g/mol. The summed E-state index contributed by atoms with van der Waals surface area (Å²) in [4.78, 5) is 133. The lowest BCUT2D eigenvalue weighted by molar-refractivity contribution is -0.190. The van der Waals surface area contributed by atoms with Crippen LogP contribution in [0.25, 0.3) is 22.3 Å². The Bertz CT molecular complexity index is 3770. The number of thioether (sulfide) groups is 2. The van der Waals surface area contributed by atoms with Crippen LogP contribution in [0.3, 0.4) is 0 Å². The van der Waals surface area contributed by atoms with Gasteiger partial charge in [0.2, 0.25) is 17.4 Å². The number of aryl methyl sites for hydroxylation is 1. The number of aromatic nitrogens is 2. The van der Waals surface area contributed by atoms with Gasteiger partial charge in [-0.25, -0.2) is 34.1 Å². The Labute approximate surface area is 604 Å². The number of esters is 2. The number of unbranched alkanes of at least 4 members (excludes halogenated alkanes) is 2. The standard InChI is InChI=1S/C69H94N16O16S2/c1-4-44-45-33-43(86)14-15-49(45)80-57-46(44)35-85-52(57)34-48-47(62(85)91)36-100-64(93)69(48,5-2)101-63(92)39(3)78-67(94)76-20-26-98-28-29-99-27-21-77-68(95)79-42-31-40(60(89)74-18-24-96-22-16-72-55(87)12-8-6-10-53-58-50(37-102-53)81-65(70)83-58)30-41(32-42)61(90)75-19-25-97-23-17-73-56(88)13-9-7-11-54-59-51(38-103-54)82-66(71)84-59/h14-15,30-34,39,50-51,53-54,58-59,86H,4-13,16-29,35-38H2,1-3H3,(H,72,87)(H,73,88)(H,74,89)(H,75,90)(H3,70,81,83)(H3,71,82,84)(H2,76,78,94)(H2,77,79,95)/t39-,50-,51-,53-,54-,58-,59-,69-/m0/s1. The van der Waals surface area contributed by atoms with E-state index in [0.717, 1.165) is 66.5 Å². The van der Waals surface area contributed by atoms with Crippen molar-refractivity contribution in [1.82, 2.24) is 57.4 Å². The topological polar surface area (TPSA) is 444 Å². The van der Waals surface area contributed by atoms with E-state index in [9.17, 15) is 48.3 Å². The van der Waals surface area contributed by atoms with Crippen molar-refractivity contribution in [2.45, 2.75) is 144 Å². The largest absolute Gasteiger partial charge is 0.508 e. The molecule has 8 heterocycles. The number of pyridine rings is 2. The number of amides is 8. The SMILES string of the molecule is CCc1c2c(nc3ccc(O)cc13)-c1cc3c(c(=O)n1C2)COC(=O)[C@@]3(CC)OC(=O)[C@H](C)NC(=O)NCCOCCOCCNC(=O)Nc1cc(C(=O)NCCOCCNC(=O)CCCC[C@@H]2SC[C@@H]3N=C(N)N[C@@H]32)cc(C(=O)NCCOCCNC(=O)CCCC[C@@H]2SC[C@@H]3N=C(N)N[C@@H]32)c1. The Kier molecular flexibility index (Phi) is 27.5. The molecule has 558 valence electrons. The normalized spacial score (nSPS) is 20.5. The summed E-state index contributed by atoms with van der Waals surface area (Å²) in [5.74, 6) is -0.0270. The number of fused-ring (bicyclic) bond motifs is 7. The first-order valence-electron chi connectivity index (χ1n) is 35.2. The number of carbonyl (C=O) groups excluding carboxylic acids is 8. The van der Waals surface area contributed by atoms with E-state index in [1.165, 1.54) is 31.2 Å². The van der Waals surface area contributed by atoms with Crippen LogP contribution >= 0.6 is 23.5 Å². The van der Waals surface area contributed by atoms with Gasteiger partial charge in [0, 0.05) is 107 Å². The van der Waals surface area contributed by atoms with E-state index in [1.807, 2.05) is 30.4 Å². The number of nitrogens with two attached hydrogens (primary N) is 2. The van der Waals surface area contributed by atoms with Crippen molar-refractivity contribution < 1.29 is 71.9 Å². The lowest BCUT2D eigenvalue weighted by Gasteiger charge is -2.36. The van der Waals surface area contributed by atoms with Crippen LogP contribution in [0, 0.1) is 0 Å². The predicted octanol–water partition coefficient (Wildman–Crippen LogP) is 1.83. The van der Waals surface area contributed by atoms with Crippen LogP contribution in [-0.4, -0.2) is 219 Å². The Morgan fingerprint density at radius 3 is 1.77 bits per heavy atom. The minimum Gasteiger partial charge on any atom is -0.508 e. The number of phenolic OH excluding ortho intramolecular Hbond substituents is 1. The fraction of sp³-hybridized carbons (Fsp3) is 0.565. The molecule has 10 rings (SSSR count). The van der Waals surface area contributed by atoms with Crippen molar-refractivity contribution in [2.24, 2.45) is 21.5 Å². The molecule has 0 unspecified atom stereocenters. The maximum absolute atomic E-state index is 14.2. The summed E-state index contributed by atoms with van der Waals surface area (Å²) in [6, 6.07) is 9.13. The molecule has 4 aromatic rings. The van der Waals surface area contributed by atoms with Crippen LogP contribution in [0.1, 0.15) is 122 Å². The van der Waals surface area contributed by atoms with Crippen LogP contribution < -0.4 is 70.2 Å². The molecule has 6 aliphatic rings. The third kappa shape index (κ3) is 20.1. The smallest absolute Gasteiger partial charge is 0.355 e. The van der Waals surface area contributed by atoms with Gasteiger partial charge in [-0.15, -0.1) is 0 Å². The number of benzene rings is 2. The molecule has 103 heavy (non-hydrogen) atoms. The number of urea groups is 2. The van der Waals surface area contributed by atoms with Crippen molar-refractivity contribution >= 4 is 99.7 Å². The second-order valence-corrected chi connectivity index (χ2v) is 28.2. The maximum Gasteiger partial charge on any atom is 0.355 e. The average Bonchev–Trinajstić information content (AvgIpc) is 1.63. The highest BCUT2D eigenvalue weighted by Gasteiger charge is 2.51. The quantitative estimate of drug-likeness (QED) is 0.0197. The third-order valence-electron chi connectivity index (χ3n) is 18.6. The summed E-state index contributed by atoms with van der Waals surface area (Å²) in [6.45, 7) is 6.92. The molecule has 0 radical (unpaired) electrons. The minimum absolute atomic E-state index is 0.0391. The predicted molar refractivity (Wildman–Crippen MR) is 387 cm³/mol. The number of cyclic esters (lactones) is 1. The molecule has 8 atom stereocenters. The van der Waals surface area contributed by atoms with Crippen molar-refractivity contribution in [3.8, 4) is 17.1 Å². The highest BCUT2D eigenvalue weighted by atomic mass is 32.2. The Morgan fingerprint density at radius 1 is 0.680 bits per heavy atom. The first-order valence-corrected chi connectivity index (χ1v) is 37.3. The van der Waals surface area contributed by atoms with Crippen LogP contribution in [-0.2, 0) is 72.8 Å². The monoisotopic (exact) mass is 1470 g/mol. The lowest BCUT2D eigenvalue weighted by atomic mass is 9.85. The van der Waals surface area contributed by atoms with Gasteiger partial charge in [0.15, 0.2) is 11.9 Å². The number of nitrogens with zero attached hydrogens (tertiary/aromatic N) is 4. The Hall–Kier alpha value is -8.96. The van der Waals surface area contributed by atoms with Gasteiger partial charge < -0.3 is 103 Å². The number of phenols is 1. The number of rotatable bonds is 39. The van der Waals surface area contributed by atoms with Gasteiger partial charge in [0.05, 0.1) is 106 Å².